The van der Waals surface area contributed by atoms with Gasteiger partial charge in [0.25, 0.3) is 0 Å². The van der Waals surface area contributed by atoms with Crippen LogP contribution in [0.4, 0.5) is 0 Å². The first-order chi connectivity index (χ1) is 17.2. The highest BCUT2D eigenvalue weighted by Crippen LogP contribution is 2.36. The number of unbranched alkanes of at least 4 members (excludes halogenated alkanes) is 1. The van der Waals surface area contributed by atoms with Crippen LogP contribution in [0.1, 0.15) is 30.4 Å². The third kappa shape index (κ3) is 8.88. The number of ether oxygens (including phenoxy) is 1. The standard InChI is InChI=1S/C26H33N3O7/c1-36-23-17-19(16-22(32)26(23)35)7-10-25(34)29(14-4-11-27)13-3-2-12-28-24(33)9-6-18-5-8-20(30)21(31)15-18/h5-10,15-17,30-32,35H,2-4,11-14,27H2,1H3,(H,28,33)/b9-6+,10-7+. The van der Waals surface area contributed by atoms with E-state index in [1.165, 1.54) is 55.7 Å². The van der Waals surface area contributed by atoms with E-state index in [9.17, 15) is 30.0 Å². The van der Waals surface area contributed by atoms with Crippen molar-refractivity contribution in [3.63, 3.8) is 0 Å². The normalized spacial score (nSPS) is 11.2. The maximum atomic E-state index is 12.7. The van der Waals surface area contributed by atoms with Gasteiger partial charge in [-0.2, -0.15) is 0 Å². The Morgan fingerprint density at radius 2 is 1.61 bits per heavy atom. The second kappa shape index (κ2) is 14.3. The van der Waals surface area contributed by atoms with E-state index in [2.05, 4.69) is 5.32 Å². The highest BCUT2D eigenvalue weighted by Gasteiger charge is 2.12. The zero-order valence-electron chi connectivity index (χ0n) is 20.2. The molecule has 0 atom stereocenters. The van der Waals surface area contributed by atoms with Crippen molar-refractivity contribution in [1.29, 1.82) is 0 Å². The number of benzene rings is 2. The number of phenols is 4. The van der Waals surface area contributed by atoms with Gasteiger partial charge in [-0.05, 0) is 73.4 Å². The van der Waals surface area contributed by atoms with Crippen LogP contribution in [0.25, 0.3) is 12.2 Å². The summed E-state index contributed by atoms with van der Waals surface area (Å²) in [6.07, 6.45) is 7.73. The topological polar surface area (TPSA) is 166 Å². The first-order valence-corrected chi connectivity index (χ1v) is 11.5. The molecule has 0 aliphatic heterocycles. The summed E-state index contributed by atoms with van der Waals surface area (Å²) in [4.78, 5) is 26.4. The van der Waals surface area contributed by atoms with Crippen LogP contribution in [-0.2, 0) is 9.59 Å². The smallest absolute Gasteiger partial charge is 0.246 e. The number of amides is 2. The van der Waals surface area contributed by atoms with E-state index in [-0.39, 0.29) is 40.6 Å². The van der Waals surface area contributed by atoms with E-state index < -0.39 is 0 Å². The lowest BCUT2D eigenvalue weighted by Crippen LogP contribution is -2.33. The number of phenolic OH excluding ortho intramolecular Hbond substituents is 4. The Morgan fingerprint density at radius 1 is 0.917 bits per heavy atom. The molecule has 7 N–H and O–H groups in total. The molecule has 0 saturated carbocycles. The molecule has 0 aliphatic rings. The predicted molar refractivity (Wildman–Crippen MR) is 137 cm³/mol. The number of nitrogens with zero attached hydrogens (tertiary/aromatic N) is 1. The SMILES string of the molecule is COc1cc(/C=C/C(=O)N(CCCN)CCCCNC(=O)/C=C/c2ccc(O)c(O)c2)cc(O)c1O. The molecule has 0 unspecified atom stereocenters. The number of methoxy groups -OCH3 is 1. The van der Waals surface area contributed by atoms with E-state index in [0.29, 0.717) is 56.6 Å². The van der Waals surface area contributed by atoms with Gasteiger partial charge in [-0.1, -0.05) is 6.07 Å². The minimum Gasteiger partial charge on any atom is -0.504 e. The van der Waals surface area contributed by atoms with Crippen LogP contribution in [-0.4, -0.2) is 70.4 Å². The lowest BCUT2D eigenvalue weighted by atomic mass is 10.1. The molecule has 10 nitrogen and oxygen atoms in total. The molecule has 0 spiro atoms. The monoisotopic (exact) mass is 499 g/mol. The summed E-state index contributed by atoms with van der Waals surface area (Å²) in [5, 5.41) is 41.1. The van der Waals surface area contributed by atoms with Crippen molar-refractivity contribution in [2.45, 2.75) is 19.3 Å². The number of nitrogens with one attached hydrogen (secondary N) is 1. The Kier molecular flexibility index (Phi) is 11.1. The summed E-state index contributed by atoms with van der Waals surface area (Å²) in [5.74, 6) is -1.63. The Hall–Kier alpha value is -4.18. The van der Waals surface area contributed by atoms with Crippen molar-refractivity contribution in [3.8, 4) is 28.7 Å². The maximum Gasteiger partial charge on any atom is 0.246 e. The molecule has 0 aromatic heterocycles. The summed E-state index contributed by atoms with van der Waals surface area (Å²) in [6, 6.07) is 7.09. The molecular weight excluding hydrogens is 466 g/mol. The summed E-state index contributed by atoms with van der Waals surface area (Å²) < 4.78 is 5.01. The average Bonchev–Trinajstić information content (AvgIpc) is 2.86. The molecule has 0 radical (unpaired) electrons. The largest absolute Gasteiger partial charge is 0.504 e. The Labute approximate surface area is 209 Å². The number of carbonyl (C=O) groups excluding carboxylic acids is 2. The van der Waals surface area contributed by atoms with Gasteiger partial charge in [0.2, 0.25) is 17.6 Å². The second-order valence-electron chi connectivity index (χ2n) is 7.97. The average molecular weight is 500 g/mol. The fourth-order valence-corrected chi connectivity index (χ4v) is 3.27. The molecule has 0 heterocycles. The van der Waals surface area contributed by atoms with Gasteiger partial charge in [-0.25, -0.2) is 0 Å². The molecule has 0 saturated heterocycles. The number of nitrogens with two attached hydrogens (primary N) is 1. The Balaban J connectivity index is 1.83. The van der Waals surface area contributed by atoms with Crippen LogP contribution in [0.15, 0.2) is 42.5 Å². The van der Waals surface area contributed by atoms with Gasteiger partial charge in [0.05, 0.1) is 7.11 Å². The fraction of sp³-hybridized carbons (Fsp3) is 0.308. The van der Waals surface area contributed by atoms with Gasteiger partial charge in [0.15, 0.2) is 23.0 Å². The molecule has 0 bridgehead atoms. The van der Waals surface area contributed by atoms with E-state index in [1.807, 2.05) is 0 Å². The van der Waals surface area contributed by atoms with Gasteiger partial charge >= 0.3 is 0 Å². The van der Waals surface area contributed by atoms with Crippen LogP contribution in [0.3, 0.4) is 0 Å². The highest BCUT2D eigenvalue weighted by molar-refractivity contribution is 5.92. The molecular formula is C26H33N3O7. The number of carbonyl (C=O) groups is 2. The molecule has 0 aliphatic carbocycles. The van der Waals surface area contributed by atoms with Crippen molar-refractivity contribution in [3.05, 3.63) is 53.6 Å². The maximum absolute atomic E-state index is 12.7. The molecule has 2 aromatic rings. The van der Waals surface area contributed by atoms with E-state index in [4.69, 9.17) is 10.5 Å². The van der Waals surface area contributed by atoms with Crippen LogP contribution >= 0.6 is 0 Å². The van der Waals surface area contributed by atoms with Crippen molar-refractivity contribution >= 4 is 24.0 Å². The summed E-state index contributed by atoms with van der Waals surface area (Å²) >= 11 is 0. The lowest BCUT2D eigenvalue weighted by molar-refractivity contribution is -0.126. The van der Waals surface area contributed by atoms with E-state index in [0.717, 1.165) is 0 Å². The molecule has 0 fully saturated rings. The third-order valence-corrected chi connectivity index (χ3v) is 5.24. The number of hydrogen-bond acceptors (Lipinski definition) is 8. The predicted octanol–water partition coefficient (Wildman–Crippen LogP) is 2.32. The van der Waals surface area contributed by atoms with Crippen LogP contribution in [0.2, 0.25) is 0 Å². The Bertz CT molecular complexity index is 1100. The molecule has 2 rings (SSSR count). The Morgan fingerprint density at radius 3 is 2.31 bits per heavy atom. The van der Waals surface area contributed by atoms with Crippen LogP contribution < -0.4 is 15.8 Å². The molecule has 10 heteroatoms. The third-order valence-electron chi connectivity index (χ3n) is 5.24. The first kappa shape index (κ1) is 28.1. The fourth-order valence-electron chi connectivity index (χ4n) is 3.27. The molecule has 36 heavy (non-hydrogen) atoms. The van der Waals surface area contributed by atoms with Gasteiger partial charge in [-0.15, -0.1) is 0 Å². The van der Waals surface area contributed by atoms with Crippen molar-refractivity contribution in [2.75, 3.05) is 33.3 Å². The summed E-state index contributed by atoms with van der Waals surface area (Å²) in [6.45, 7) is 1.83. The molecule has 2 aromatic carbocycles. The van der Waals surface area contributed by atoms with Crippen molar-refractivity contribution < 1.29 is 34.8 Å². The van der Waals surface area contributed by atoms with Gasteiger partial charge in [0.1, 0.15) is 0 Å². The van der Waals surface area contributed by atoms with Gasteiger partial charge in [0, 0.05) is 31.8 Å². The first-order valence-electron chi connectivity index (χ1n) is 11.5. The summed E-state index contributed by atoms with van der Waals surface area (Å²) in [5.41, 5.74) is 6.66. The second-order valence-corrected chi connectivity index (χ2v) is 7.97. The van der Waals surface area contributed by atoms with Gasteiger partial charge < -0.3 is 41.1 Å². The van der Waals surface area contributed by atoms with E-state index in [1.54, 1.807) is 11.0 Å². The minimum atomic E-state index is -0.368. The minimum absolute atomic E-state index is 0.0974. The van der Waals surface area contributed by atoms with Crippen molar-refractivity contribution in [2.24, 2.45) is 5.73 Å². The van der Waals surface area contributed by atoms with Gasteiger partial charge in [-0.3, -0.25) is 9.59 Å². The highest BCUT2D eigenvalue weighted by atomic mass is 16.5. The van der Waals surface area contributed by atoms with Crippen LogP contribution in [0.5, 0.6) is 28.7 Å². The van der Waals surface area contributed by atoms with Crippen LogP contribution in [0, 0.1) is 0 Å². The summed E-state index contributed by atoms with van der Waals surface area (Å²) in [7, 11) is 1.36. The number of rotatable bonds is 13. The number of hydrogen-bond donors (Lipinski definition) is 6. The zero-order valence-corrected chi connectivity index (χ0v) is 20.2. The lowest BCUT2D eigenvalue weighted by Gasteiger charge is -2.21. The molecule has 2 amide bonds. The molecule has 194 valence electrons. The quantitative estimate of drug-likeness (QED) is 0.139. The van der Waals surface area contributed by atoms with Crippen molar-refractivity contribution in [1.82, 2.24) is 10.2 Å². The van der Waals surface area contributed by atoms with E-state index >= 15 is 0 Å². The number of aromatic hydroxyl groups is 4. The zero-order chi connectivity index (χ0) is 26.5.